The van der Waals surface area contributed by atoms with Gasteiger partial charge in [-0.2, -0.15) is 0 Å². The minimum Gasteiger partial charge on any atom is -0.497 e. The SMILES string of the molecule is CC[C@H](C(=O)NC(C)C)N(Cc1cccc(OC)c1)C(=O)CN(c1cccc(Br)c1)S(=O)(=O)c1ccc(C)cc1. The van der Waals surface area contributed by atoms with Gasteiger partial charge in [-0.3, -0.25) is 13.9 Å². The van der Waals surface area contributed by atoms with Gasteiger partial charge in [-0.1, -0.05) is 58.7 Å². The number of halogens is 1. The lowest BCUT2D eigenvalue weighted by Crippen LogP contribution is -2.53. The number of carbonyl (C=O) groups excluding carboxylic acids is 2. The predicted octanol–water partition coefficient (Wildman–Crippen LogP) is 5.29. The van der Waals surface area contributed by atoms with E-state index in [9.17, 15) is 18.0 Å². The van der Waals surface area contributed by atoms with E-state index in [4.69, 9.17) is 4.74 Å². The molecule has 3 rings (SSSR count). The summed E-state index contributed by atoms with van der Waals surface area (Å²) >= 11 is 3.41. The Balaban J connectivity index is 2.07. The molecule has 1 atom stereocenters. The molecule has 10 heteroatoms. The zero-order valence-corrected chi connectivity index (χ0v) is 25.8. The molecule has 1 N–H and O–H groups in total. The zero-order chi connectivity index (χ0) is 29.4. The topological polar surface area (TPSA) is 96.0 Å². The molecule has 40 heavy (non-hydrogen) atoms. The molecule has 0 unspecified atom stereocenters. The number of ether oxygens (including phenoxy) is 1. The molecule has 0 aromatic heterocycles. The van der Waals surface area contributed by atoms with E-state index >= 15 is 0 Å². The van der Waals surface area contributed by atoms with E-state index in [2.05, 4.69) is 21.2 Å². The Labute approximate surface area is 245 Å². The van der Waals surface area contributed by atoms with Gasteiger partial charge in [0.05, 0.1) is 17.7 Å². The third-order valence-electron chi connectivity index (χ3n) is 6.29. The minimum absolute atomic E-state index is 0.0646. The number of aryl methyl sites for hydroxylation is 1. The smallest absolute Gasteiger partial charge is 0.264 e. The van der Waals surface area contributed by atoms with Crippen LogP contribution < -0.4 is 14.4 Å². The third-order valence-corrected chi connectivity index (χ3v) is 8.57. The number of amides is 2. The molecule has 3 aromatic carbocycles. The van der Waals surface area contributed by atoms with Crippen molar-refractivity contribution < 1.29 is 22.7 Å². The number of nitrogens with one attached hydrogen (secondary N) is 1. The largest absolute Gasteiger partial charge is 0.497 e. The van der Waals surface area contributed by atoms with Crippen molar-refractivity contribution in [3.05, 3.63) is 88.4 Å². The molecule has 0 saturated carbocycles. The molecule has 0 bridgehead atoms. The van der Waals surface area contributed by atoms with Crippen molar-refractivity contribution in [2.24, 2.45) is 0 Å². The Kier molecular flexibility index (Phi) is 10.8. The lowest BCUT2D eigenvalue weighted by molar-refractivity contribution is -0.140. The summed E-state index contributed by atoms with van der Waals surface area (Å²) in [4.78, 5) is 28.8. The molecule has 0 aliphatic rings. The van der Waals surface area contributed by atoms with Crippen LogP contribution in [0, 0.1) is 6.92 Å². The number of anilines is 1. The Bertz CT molecular complexity index is 1430. The van der Waals surface area contributed by atoms with Crippen LogP contribution in [0.5, 0.6) is 5.75 Å². The maximum absolute atomic E-state index is 14.1. The predicted molar refractivity (Wildman–Crippen MR) is 161 cm³/mol. The van der Waals surface area contributed by atoms with Crippen molar-refractivity contribution in [2.75, 3.05) is 18.0 Å². The van der Waals surface area contributed by atoms with Crippen molar-refractivity contribution >= 4 is 43.5 Å². The van der Waals surface area contributed by atoms with Crippen LogP contribution in [0.15, 0.2) is 82.2 Å². The Morgan fingerprint density at radius 3 is 2.27 bits per heavy atom. The van der Waals surface area contributed by atoms with Gasteiger partial charge in [-0.15, -0.1) is 0 Å². The average molecular weight is 631 g/mol. The van der Waals surface area contributed by atoms with E-state index < -0.39 is 28.5 Å². The van der Waals surface area contributed by atoms with Crippen LogP contribution in [0.4, 0.5) is 5.69 Å². The van der Waals surface area contributed by atoms with Crippen LogP contribution in [0.3, 0.4) is 0 Å². The van der Waals surface area contributed by atoms with E-state index in [1.54, 1.807) is 55.6 Å². The van der Waals surface area contributed by atoms with Gasteiger partial charge in [0.15, 0.2) is 0 Å². The highest BCUT2D eigenvalue weighted by molar-refractivity contribution is 9.10. The van der Waals surface area contributed by atoms with Gasteiger partial charge in [-0.05, 0) is 75.2 Å². The molecular formula is C30H36BrN3O5S. The first-order valence-corrected chi connectivity index (χ1v) is 15.3. The van der Waals surface area contributed by atoms with Crippen LogP contribution in [0.25, 0.3) is 0 Å². The number of sulfonamides is 1. The summed E-state index contributed by atoms with van der Waals surface area (Å²) in [5.74, 6) is -0.198. The first kappa shape index (κ1) is 31.2. The van der Waals surface area contributed by atoms with E-state index in [1.165, 1.54) is 17.0 Å². The van der Waals surface area contributed by atoms with Gasteiger partial charge in [0.25, 0.3) is 10.0 Å². The minimum atomic E-state index is -4.13. The summed E-state index contributed by atoms with van der Waals surface area (Å²) in [5, 5.41) is 2.90. The molecule has 0 fully saturated rings. The maximum Gasteiger partial charge on any atom is 0.264 e. The van der Waals surface area contributed by atoms with Gasteiger partial charge in [0, 0.05) is 17.1 Å². The molecule has 0 saturated heterocycles. The molecule has 0 heterocycles. The van der Waals surface area contributed by atoms with Crippen LogP contribution in [0.1, 0.15) is 38.3 Å². The lowest BCUT2D eigenvalue weighted by atomic mass is 10.1. The lowest BCUT2D eigenvalue weighted by Gasteiger charge is -2.33. The molecule has 0 radical (unpaired) electrons. The number of benzene rings is 3. The fourth-order valence-corrected chi connectivity index (χ4v) is 6.06. The Hall–Kier alpha value is -3.37. The van der Waals surface area contributed by atoms with Crippen molar-refractivity contribution in [3.8, 4) is 5.75 Å². The van der Waals surface area contributed by atoms with Crippen molar-refractivity contribution in [2.45, 2.75) is 57.6 Å². The first-order chi connectivity index (χ1) is 19.0. The average Bonchev–Trinajstić information content (AvgIpc) is 2.91. The van der Waals surface area contributed by atoms with Gasteiger partial charge in [0.2, 0.25) is 11.8 Å². The fraction of sp³-hybridized carbons (Fsp3) is 0.333. The van der Waals surface area contributed by atoms with E-state index in [1.807, 2.05) is 39.8 Å². The number of methoxy groups -OCH3 is 1. The number of hydrogen-bond acceptors (Lipinski definition) is 5. The van der Waals surface area contributed by atoms with Crippen LogP contribution in [-0.4, -0.2) is 50.9 Å². The Morgan fingerprint density at radius 2 is 1.68 bits per heavy atom. The molecule has 0 spiro atoms. The normalized spacial score (nSPS) is 12.1. The Morgan fingerprint density at radius 1 is 1.00 bits per heavy atom. The summed E-state index contributed by atoms with van der Waals surface area (Å²) in [6.07, 6.45) is 0.343. The van der Waals surface area contributed by atoms with E-state index in [-0.39, 0.29) is 23.4 Å². The molecule has 3 aromatic rings. The number of nitrogens with zero attached hydrogens (tertiary/aromatic N) is 2. The van der Waals surface area contributed by atoms with Gasteiger partial charge in [-0.25, -0.2) is 8.42 Å². The molecule has 0 aliphatic carbocycles. The number of rotatable bonds is 12. The monoisotopic (exact) mass is 629 g/mol. The van der Waals surface area contributed by atoms with Crippen molar-refractivity contribution in [1.82, 2.24) is 10.2 Å². The zero-order valence-electron chi connectivity index (χ0n) is 23.4. The number of carbonyl (C=O) groups is 2. The quantitative estimate of drug-likeness (QED) is 0.294. The standard InChI is InChI=1S/C30H36BrN3O5S/c1-6-28(30(36)32-21(2)3)33(19-23-9-7-12-26(17-23)39-5)29(35)20-34(25-11-8-10-24(31)18-25)40(37,38)27-15-13-22(4)14-16-27/h7-18,21,28H,6,19-20H2,1-5H3,(H,32,36)/t28-/m1/s1. The highest BCUT2D eigenvalue weighted by atomic mass is 79.9. The second-order valence-corrected chi connectivity index (χ2v) is 12.5. The van der Waals surface area contributed by atoms with Crippen LogP contribution >= 0.6 is 15.9 Å². The fourth-order valence-electron chi connectivity index (χ4n) is 4.27. The number of hydrogen-bond donors (Lipinski definition) is 1. The summed E-state index contributed by atoms with van der Waals surface area (Å²) < 4.78 is 34.9. The molecule has 0 aliphatic heterocycles. The summed E-state index contributed by atoms with van der Waals surface area (Å²) in [6, 6.07) is 19.5. The summed E-state index contributed by atoms with van der Waals surface area (Å²) in [5.41, 5.74) is 1.98. The maximum atomic E-state index is 14.1. The van der Waals surface area contributed by atoms with E-state index in [0.717, 1.165) is 15.4 Å². The molecular weight excluding hydrogens is 594 g/mol. The second-order valence-electron chi connectivity index (χ2n) is 9.77. The highest BCUT2D eigenvalue weighted by Gasteiger charge is 2.34. The molecule has 2 amide bonds. The van der Waals surface area contributed by atoms with Gasteiger partial charge >= 0.3 is 0 Å². The highest BCUT2D eigenvalue weighted by Crippen LogP contribution is 2.27. The van der Waals surface area contributed by atoms with E-state index in [0.29, 0.717) is 22.3 Å². The third kappa shape index (κ3) is 7.85. The van der Waals surface area contributed by atoms with Crippen LogP contribution in [0.2, 0.25) is 0 Å². The summed E-state index contributed by atoms with van der Waals surface area (Å²) in [7, 11) is -2.57. The van der Waals surface area contributed by atoms with Crippen molar-refractivity contribution in [3.63, 3.8) is 0 Å². The van der Waals surface area contributed by atoms with Gasteiger partial charge in [0.1, 0.15) is 18.3 Å². The van der Waals surface area contributed by atoms with Crippen LogP contribution in [-0.2, 0) is 26.2 Å². The van der Waals surface area contributed by atoms with Crippen molar-refractivity contribution in [1.29, 1.82) is 0 Å². The second kappa shape index (κ2) is 13.8. The van der Waals surface area contributed by atoms with Gasteiger partial charge < -0.3 is 15.0 Å². The summed E-state index contributed by atoms with van der Waals surface area (Å²) in [6.45, 7) is 6.99. The molecule has 214 valence electrons. The molecule has 8 nitrogen and oxygen atoms in total. The first-order valence-electron chi connectivity index (χ1n) is 13.0.